The molecule has 4 heteroatoms. The lowest BCUT2D eigenvalue weighted by atomic mass is 10.1. The number of methoxy groups -OCH3 is 1. The molecular weight excluding hydrogens is 264 g/mol. The second-order valence-corrected chi connectivity index (χ2v) is 5.37. The van der Waals surface area contributed by atoms with Crippen molar-refractivity contribution in [1.82, 2.24) is 0 Å². The van der Waals surface area contributed by atoms with Crippen molar-refractivity contribution in [3.05, 3.63) is 22.7 Å². The maximum absolute atomic E-state index is 8.91. The Balaban J connectivity index is 2.18. The largest absolute Gasteiger partial charge is 0.491 e. The molecule has 1 aromatic rings. The zero-order chi connectivity index (χ0) is 13.7. The van der Waals surface area contributed by atoms with Crippen molar-refractivity contribution < 1.29 is 14.6 Å². The Morgan fingerprint density at radius 3 is 2.68 bits per heavy atom. The van der Waals surface area contributed by atoms with Crippen LogP contribution < -0.4 is 9.47 Å². The van der Waals surface area contributed by atoms with E-state index in [4.69, 9.17) is 26.2 Å². The van der Waals surface area contributed by atoms with Crippen LogP contribution in [0.25, 0.3) is 0 Å². The number of hydrogen-bond acceptors (Lipinski definition) is 3. The van der Waals surface area contributed by atoms with Gasteiger partial charge in [0.05, 0.1) is 18.2 Å². The number of benzene rings is 1. The summed E-state index contributed by atoms with van der Waals surface area (Å²) in [6.07, 6.45) is 6.45. The molecule has 2 rings (SSSR count). The molecule has 1 fully saturated rings. The first-order valence-electron chi connectivity index (χ1n) is 6.88. The Morgan fingerprint density at radius 1 is 1.32 bits per heavy atom. The number of aliphatic hydroxyl groups excluding tert-OH is 1. The summed E-state index contributed by atoms with van der Waals surface area (Å²) >= 11 is 6.23. The number of halogens is 1. The van der Waals surface area contributed by atoms with E-state index in [2.05, 4.69) is 0 Å². The van der Waals surface area contributed by atoms with Crippen LogP contribution >= 0.6 is 11.6 Å². The molecule has 0 saturated heterocycles. The third-order valence-electron chi connectivity index (χ3n) is 3.49. The van der Waals surface area contributed by atoms with Crippen LogP contribution in [0.2, 0.25) is 5.02 Å². The van der Waals surface area contributed by atoms with Gasteiger partial charge in [0.2, 0.25) is 0 Å². The van der Waals surface area contributed by atoms with Crippen molar-refractivity contribution >= 4 is 11.6 Å². The smallest absolute Gasteiger partial charge is 0.179 e. The number of hydrogen-bond donors (Lipinski definition) is 1. The molecule has 19 heavy (non-hydrogen) atoms. The first-order valence-corrected chi connectivity index (χ1v) is 7.26. The Bertz CT molecular complexity index is 414. The first-order chi connectivity index (χ1) is 9.24. The van der Waals surface area contributed by atoms with Crippen LogP contribution in [0.5, 0.6) is 11.5 Å². The lowest BCUT2D eigenvalue weighted by molar-refractivity contribution is 0.200. The highest BCUT2D eigenvalue weighted by Gasteiger charge is 2.20. The molecule has 0 spiro atoms. The van der Waals surface area contributed by atoms with Crippen LogP contribution in [0.1, 0.15) is 37.7 Å². The Hall–Kier alpha value is -0.930. The molecule has 3 nitrogen and oxygen atoms in total. The molecule has 0 aromatic heterocycles. The van der Waals surface area contributed by atoms with Gasteiger partial charge >= 0.3 is 0 Å². The summed E-state index contributed by atoms with van der Waals surface area (Å²) in [5.41, 5.74) is 1.08. The summed E-state index contributed by atoms with van der Waals surface area (Å²) in [6.45, 7) is 0.183. The molecule has 1 saturated carbocycles. The summed E-state index contributed by atoms with van der Waals surface area (Å²) in [5, 5.41) is 9.48. The minimum absolute atomic E-state index is 0.183. The molecule has 0 radical (unpaired) electrons. The molecule has 0 aliphatic heterocycles. The normalized spacial score (nSPS) is 15.7. The number of rotatable bonds is 6. The van der Waals surface area contributed by atoms with E-state index in [0.717, 1.165) is 37.0 Å². The number of aliphatic hydroxyl groups is 1. The lowest BCUT2D eigenvalue weighted by Gasteiger charge is -2.18. The van der Waals surface area contributed by atoms with Crippen molar-refractivity contribution in [2.24, 2.45) is 0 Å². The van der Waals surface area contributed by atoms with Crippen LogP contribution in [0.4, 0.5) is 0 Å². The Morgan fingerprint density at radius 2 is 2.05 bits per heavy atom. The van der Waals surface area contributed by atoms with Crippen LogP contribution in [0.15, 0.2) is 12.1 Å². The molecule has 1 aliphatic carbocycles. The van der Waals surface area contributed by atoms with Gasteiger partial charge in [-0.2, -0.15) is 0 Å². The molecule has 0 atom stereocenters. The van der Waals surface area contributed by atoms with E-state index in [-0.39, 0.29) is 12.7 Å². The zero-order valence-electron chi connectivity index (χ0n) is 11.3. The van der Waals surface area contributed by atoms with Crippen molar-refractivity contribution in [1.29, 1.82) is 0 Å². The molecule has 0 unspecified atom stereocenters. The second-order valence-electron chi connectivity index (χ2n) is 4.96. The minimum Gasteiger partial charge on any atom is -0.491 e. The fourth-order valence-corrected chi connectivity index (χ4v) is 2.83. The van der Waals surface area contributed by atoms with Gasteiger partial charge in [-0.1, -0.05) is 11.6 Å². The molecule has 1 aliphatic rings. The summed E-state index contributed by atoms with van der Waals surface area (Å²) in [4.78, 5) is 0. The highest BCUT2D eigenvalue weighted by atomic mass is 35.5. The van der Waals surface area contributed by atoms with Gasteiger partial charge in [-0.15, -0.1) is 0 Å². The van der Waals surface area contributed by atoms with E-state index >= 15 is 0 Å². The Labute approximate surface area is 119 Å². The van der Waals surface area contributed by atoms with Crippen LogP contribution in [-0.2, 0) is 6.42 Å². The van der Waals surface area contributed by atoms with Crippen molar-refractivity contribution in [3.8, 4) is 11.5 Å². The van der Waals surface area contributed by atoms with E-state index in [0.29, 0.717) is 10.8 Å². The van der Waals surface area contributed by atoms with Crippen LogP contribution in [-0.4, -0.2) is 24.9 Å². The topological polar surface area (TPSA) is 38.7 Å². The highest BCUT2D eigenvalue weighted by molar-refractivity contribution is 6.32. The van der Waals surface area contributed by atoms with Crippen LogP contribution in [0.3, 0.4) is 0 Å². The second kappa shape index (κ2) is 7.01. The minimum atomic E-state index is 0.183. The highest BCUT2D eigenvalue weighted by Crippen LogP contribution is 2.38. The van der Waals surface area contributed by atoms with Gasteiger partial charge in [-0.25, -0.2) is 0 Å². The molecule has 0 bridgehead atoms. The van der Waals surface area contributed by atoms with Gasteiger partial charge < -0.3 is 14.6 Å². The van der Waals surface area contributed by atoms with Gasteiger partial charge in [0.25, 0.3) is 0 Å². The van der Waals surface area contributed by atoms with E-state index in [1.807, 2.05) is 12.1 Å². The average molecular weight is 285 g/mol. The third kappa shape index (κ3) is 3.77. The quantitative estimate of drug-likeness (QED) is 0.867. The predicted molar refractivity (Wildman–Crippen MR) is 76.3 cm³/mol. The molecule has 0 heterocycles. The molecule has 0 amide bonds. The van der Waals surface area contributed by atoms with Crippen LogP contribution in [0, 0.1) is 0 Å². The van der Waals surface area contributed by atoms with Gasteiger partial charge in [0, 0.05) is 6.61 Å². The first kappa shape index (κ1) is 14.5. The third-order valence-corrected chi connectivity index (χ3v) is 3.77. The van der Waals surface area contributed by atoms with Gasteiger partial charge in [-0.05, 0) is 56.2 Å². The summed E-state index contributed by atoms with van der Waals surface area (Å²) in [7, 11) is 1.61. The van der Waals surface area contributed by atoms with E-state index in [1.165, 1.54) is 12.8 Å². The fourth-order valence-electron chi connectivity index (χ4n) is 2.52. The summed E-state index contributed by atoms with van der Waals surface area (Å²) < 4.78 is 11.4. The number of ether oxygens (including phenoxy) is 2. The molecule has 1 N–H and O–H groups in total. The fraction of sp³-hybridized carbons (Fsp3) is 0.600. The predicted octanol–water partition coefficient (Wildman–Crippen LogP) is 3.59. The summed E-state index contributed by atoms with van der Waals surface area (Å²) in [5.74, 6) is 1.34. The van der Waals surface area contributed by atoms with Gasteiger partial charge in [0.1, 0.15) is 0 Å². The Kier molecular flexibility index (Phi) is 5.34. The molecular formula is C15H21ClO3. The molecule has 106 valence electrons. The zero-order valence-corrected chi connectivity index (χ0v) is 12.1. The van der Waals surface area contributed by atoms with Crippen molar-refractivity contribution in [2.75, 3.05) is 13.7 Å². The standard InChI is InChI=1S/C15H21ClO3/c1-18-15-13(16)9-11(5-4-8-17)10-14(15)19-12-6-2-3-7-12/h9-10,12,17H,2-8H2,1H3. The van der Waals surface area contributed by atoms with Crippen molar-refractivity contribution in [3.63, 3.8) is 0 Å². The maximum atomic E-state index is 8.91. The average Bonchev–Trinajstić information content (AvgIpc) is 2.89. The van der Waals surface area contributed by atoms with Crippen molar-refractivity contribution in [2.45, 2.75) is 44.6 Å². The van der Waals surface area contributed by atoms with Gasteiger partial charge in [0.15, 0.2) is 11.5 Å². The SMILES string of the molecule is COc1c(Cl)cc(CCCO)cc1OC1CCCC1. The van der Waals surface area contributed by atoms with E-state index in [1.54, 1.807) is 7.11 Å². The van der Waals surface area contributed by atoms with E-state index < -0.39 is 0 Å². The summed E-state index contributed by atoms with van der Waals surface area (Å²) in [6, 6.07) is 3.87. The molecule has 1 aromatic carbocycles. The number of aryl methyl sites for hydroxylation is 1. The monoisotopic (exact) mass is 284 g/mol. The van der Waals surface area contributed by atoms with E-state index in [9.17, 15) is 0 Å². The maximum Gasteiger partial charge on any atom is 0.179 e. The lowest BCUT2D eigenvalue weighted by Crippen LogP contribution is -2.12. The van der Waals surface area contributed by atoms with Gasteiger partial charge in [-0.3, -0.25) is 0 Å².